The quantitative estimate of drug-likeness (QED) is 0.570. The molecule has 0 unspecified atom stereocenters. The molecule has 0 heterocycles. The van der Waals surface area contributed by atoms with Crippen molar-refractivity contribution in [1.82, 2.24) is 0 Å². The molecular weight excluding hydrogens is 308 g/mol. The molecule has 0 aliphatic rings. The maximum atomic E-state index is 12.1. The standard InChI is InChI=1S/C19H20O5/c1-3-13-23-18(20)14-7-11-17(12-8-14)24-19(21)15-5-9-16(10-6-15)22-4-2/h5-12H,3-4,13H2,1-2H3. The van der Waals surface area contributed by atoms with Crippen molar-refractivity contribution in [2.24, 2.45) is 0 Å². The van der Waals surface area contributed by atoms with E-state index in [1.807, 2.05) is 13.8 Å². The van der Waals surface area contributed by atoms with Crippen molar-refractivity contribution in [3.05, 3.63) is 59.7 Å². The molecule has 0 bridgehead atoms. The molecule has 2 aromatic rings. The van der Waals surface area contributed by atoms with Gasteiger partial charge in [0, 0.05) is 0 Å². The van der Waals surface area contributed by atoms with Gasteiger partial charge in [0.25, 0.3) is 0 Å². The third-order valence-corrected chi connectivity index (χ3v) is 3.14. The summed E-state index contributed by atoms with van der Waals surface area (Å²) in [7, 11) is 0. The Kier molecular flexibility index (Phi) is 6.37. The van der Waals surface area contributed by atoms with Crippen molar-refractivity contribution in [2.75, 3.05) is 13.2 Å². The second kappa shape index (κ2) is 8.72. The Balaban J connectivity index is 1.97. The number of ether oxygens (including phenoxy) is 3. The highest BCUT2D eigenvalue weighted by Crippen LogP contribution is 2.17. The summed E-state index contributed by atoms with van der Waals surface area (Å²) in [6, 6.07) is 13.0. The van der Waals surface area contributed by atoms with Crippen LogP contribution in [0.4, 0.5) is 0 Å². The summed E-state index contributed by atoms with van der Waals surface area (Å²) in [5.74, 6) is 0.200. The minimum absolute atomic E-state index is 0.362. The van der Waals surface area contributed by atoms with Crippen molar-refractivity contribution in [3.63, 3.8) is 0 Å². The Bertz CT molecular complexity index is 674. The molecule has 0 saturated carbocycles. The molecule has 0 aromatic heterocycles. The molecule has 0 aliphatic heterocycles. The predicted molar refractivity (Wildman–Crippen MR) is 89.6 cm³/mol. The number of carbonyl (C=O) groups excluding carboxylic acids is 2. The van der Waals surface area contributed by atoms with Gasteiger partial charge in [-0.25, -0.2) is 9.59 Å². The van der Waals surface area contributed by atoms with Crippen molar-refractivity contribution < 1.29 is 23.8 Å². The zero-order valence-corrected chi connectivity index (χ0v) is 13.8. The average Bonchev–Trinajstić information content (AvgIpc) is 2.61. The van der Waals surface area contributed by atoms with Crippen molar-refractivity contribution in [2.45, 2.75) is 20.3 Å². The molecule has 0 fully saturated rings. The minimum atomic E-state index is -0.473. The van der Waals surface area contributed by atoms with Crippen LogP contribution in [0.1, 0.15) is 41.0 Å². The second-order valence-electron chi connectivity index (χ2n) is 5.01. The number of hydrogen-bond donors (Lipinski definition) is 0. The van der Waals surface area contributed by atoms with Crippen LogP contribution in [0.25, 0.3) is 0 Å². The molecule has 0 saturated heterocycles. The van der Waals surface area contributed by atoms with Crippen LogP contribution in [0, 0.1) is 0 Å². The summed E-state index contributed by atoms with van der Waals surface area (Å²) in [4.78, 5) is 23.8. The lowest BCUT2D eigenvalue weighted by molar-refractivity contribution is 0.0505. The van der Waals surface area contributed by atoms with Gasteiger partial charge in [-0.1, -0.05) is 6.92 Å². The molecule has 5 nitrogen and oxygen atoms in total. The van der Waals surface area contributed by atoms with Crippen molar-refractivity contribution >= 4 is 11.9 Å². The van der Waals surface area contributed by atoms with E-state index in [0.29, 0.717) is 35.8 Å². The van der Waals surface area contributed by atoms with Crippen LogP contribution in [-0.2, 0) is 4.74 Å². The van der Waals surface area contributed by atoms with Crippen LogP contribution in [0.3, 0.4) is 0 Å². The summed E-state index contributed by atoms with van der Waals surface area (Å²) < 4.78 is 15.7. The molecule has 24 heavy (non-hydrogen) atoms. The zero-order valence-electron chi connectivity index (χ0n) is 13.8. The molecule has 0 amide bonds. The third-order valence-electron chi connectivity index (χ3n) is 3.14. The van der Waals surface area contributed by atoms with Crippen LogP contribution >= 0.6 is 0 Å². The topological polar surface area (TPSA) is 61.8 Å². The number of esters is 2. The van der Waals surface area contributed by atoms with E-state index in [1.54, 1.807) is 48.5 Å². The Morgan fingerprint density at radius 2 is 1.33 bits per heavy atom. The van der Waals surface area contributed by atoms with E-state index in [9.17, 15) is 9.59 Å². The van der Waals surface area contributed by atoms with E-state index < -0.39 is 5.97 Å². The number of benzene rings is 2. The molecule has 0 radical (unpaired) electrons. The molecule has 0 aliphatic carbocycles. The Labute approximate surface area is 141 Å². The van der Waals surface area contributed by atoms with Gasteiger partial charge in [-0.3, -0.25) is 0 Å². The predicted octanol–water partition coefficient (Wildman–Crippen LogP) is 3.87. The molecule has 5 heteroatoms. The van der Waals surface area contributed by atoms with E-state index in [2.05, 4.69) is 0 Å². The first-order valence-electron chi connectivity index (χ1n) is 7.86. The Morgan fingerprint density at radius 3 is 1.88 bits per heavy atom. The summed E-state index contributed by atoms with van der Waals surface area (Å²) in [5.41, 5.74) is 0.842. The van der Waals surface area contributed by atoms with Crippen molar-refractivity contribution in [3.8, 4) is 11.5 Å². The van der Waals surface area contributed by atoms with Crippen molar-refractivity contribution in [1.29, 1.82) is 0 Å². The summed E-state index contributed by atoms with van der Waals surface area (Å²) in [6.45, 7) is 4.77. The fourth-order valence-corrected chi connectivity index (χ4v) is 1.96. The van der Waals surface area contributed by atoms with Crippen LogP contribution in [0.15, 0.2) is 48.5 Å². The number of rotatable bonds is 7. The smallest absolute Gasteiger partial charge is 0.343 e. The summed E-state index contributed by atoms with van der Waals surface area (Å²) >= 11 is 0. The van der Waals surface area contributed by atoms with E-state index in [1.165, 1.54) is 0 Å². The third kappa shape index (κ3) is 4.84. The highest BCUT2D eigenvalue weighted by molar-refractivity contribution is 5.92. The SMILES string of the molecule is CCCOC(=O)c1ccc(OC(=O)c2ccc(OCC)cc2)cc1. The van der Waals surface area contributed by atoms with Crippen LogP contribution < -0.4 is 9.47 Å². The largest absolute Gasteiger partial charge is 0.494 e. The molecule has 2 aromatic carbocycles. The van der Waals surface area contributed by atoms with Gasteiger partial charge in [0.15, 0.2) is 0 Å². The van der Waals surface area contributed by atoms with Gasteiger partial charge in [-0.15, -0.1) is 0 Å². The monoisotopic (exact) mass is 328 g/mol. The van der Waals surface area contributed by atoms with Gasteiger partial charge in [0.1, 0.15) is 11.5 Å². The van der Waals surface area contributed by atoms with Crippen LogP contribution in [0.2, 0.25) is 0 Å². The highest BCUT2D eigenvalue weighted by Gasteiger charge is 2.11. The first-order valence-corrected chi connectivity index (χ1v) is 7.86. The molecule has 0 spiro atoms. The van der Waals surface area contributed by atoms with Crippen LogP contribution in [-0.4, -0.2) is 25.2 Å². The lowest BCUT2D eigenvalue weighted by Gasteiger charge is -2.07. The van der Waals surface area contributed by atoms with E-state index in [0.717, 1.165) is 6.42 Å². The summed E-state index contributed by atoms with van der Waals surface area (Å²) in [5, 5.41) is 0. The van der Waals surface area contributed by atoms with Gasteiger partial charge >= 0.3 is 11.9 Å². The van der Waals surface area contributed by atoms with E-state index >= 15 is 0 Å². The average molecular weight is 328 g/mol. The fourth-order valence-electron chi connectivity index (χ4n) is 1.96. The Hall–Kier alpha value is -2.82. The Morgan fingerprint density at radius 1 is 0.792 bits per heavy atom. The first-order chi connectivity index (χ1) is 11.6. The fraction of sp³-hybridized carbons (Fsp3) is 0.263. The zero-order chi connectivity index (χ0) is 17.4. The van der Waals surface area contributed by atoms with Gasteiger partial charge in [0.05, 0.1) is 24.3 Å². The van der Waals surface area contributed by atoms with E-state index in [-0.39, 0.29) is 5.97 Å². The molecule has 0 atom stereocenters. The van der Waals surface area contributed by atoms with Gasteiger partial charge in [-0.2, -0.15) is 0 Å². The highest BCUT2D eigenvalue weighted by atomic mass is 16.5. The summed E-state index contributed by atoms with van der Waals surface area (Å²) in [6.07, 6.45) is 0.767. The first kappa shape index (κ1) is 17.5. The maximum Gasteiger partial charge on any atom is 0.343 e. The molecule has 126 valence electrons. The molecule has 2 rings (SSSR count). The number of carbonyl (C=O) groups is 2. The number of hydrogen-bond acceptors (Lipinski definition) is 5. The van der Waals surface area contributed by atoms with Crippen LogP contribution in [0.5, 0.6) is 11.5 Å². The van der Waals surface area contributed by atoms with E-state index in [4.69, 9.17) is 14.2 Å². The lowest BCUT2D eigenvalue weighted by atomic mass is 10.2. The van der Waals surface area contributed by atoms with Gasteiger partial charge < -0.3 is 14.2 Å². The normalized spacial score (nSPS) is 10.1. The second-order valence-corrected chi connectivity index (χ2v) is 5.01. The maximum absolute atomic E-state index is 12.1. The minimum Gasteiger partial charge on any atom is -0.494 e. The molecule has 0 N–H and O–H groups in total. The lowest BCUT2D eigenvalue weighted by Crippen LogP contribution is -2.09. The van der Waals surface area contributed by atoms with Gasteiger partial charge in [-0.05, 0) is 61.9 Å². The van der Waals surface area contributed by atoms with Gasteiger partial charge in [0.2, 0.25) is 0 Å². The molecular formula is C19H20O5.